The Morgan fingerprint density at radius 1 is 1.27 bits per heavy atom. The Kier molecular flexibility index (Phi) is 5.28. The van der Waals surface area contributed by atoms with Gasteiger partial charge in [-0.05, 0) is 56.9 Å². The van der Waals surface area contributed by atoms with E-state index in [1.165, 1.54) is 4.90 Å². The van der Waals surface area contributed by atoms with E-state index in [-0.39, 0.29) is 11.7 Å². The number of hydrogen-bond acceptors (Lipinski definition) is 4. The number of nitriles is 1. The minimum atomic E-state index is -0.712. The van der Waals surface area contributed by atoms with Crippen LogP contribution in [0.2, 0.25) is 0 Å². The molecule has 1 atom stereocenters. The van der Waals surface area contributed by atoms with Crippen LogP contribution in [0.3, 0.4) is 0 Å². The standard InChI is InChI=1S/C20H26N4O2/c1-15(25)16-3-7-18(8-4-16)24-11-9-23(10-12-24)13-19(26)22-20(2,14-21)17-5-6-17/h3-4,7-8,17H,5-6,9-13H2,1-2H3,(H,22,26)/p+1/t20-/m0/s1. The molecule has 2 fully saturated rings. The molecule has 1 heterocycles. The molecule has 1 aliphatic carbocycles. The number of nitrogens with zero attached hydrogens (tertiary/aromatic N) is 2. The Hall–Kier alpha value is -2.39. The molecule has 0 unspecified atom stereocenters. The van der Waals surface area contributed by atoms with Crippen LogP contribution in [0.25, 0.3) is 0 Å². The van der Waals surface area contributed by atoms with Gasteiger partial charge in [-0.1, -0.05) is 0 Å². The van der Waals surface area contributed by atoms with Gasteiger partial charge in [0.05, 0.1) is 32.2 Å². The SMILES string of the molecule is CC(=O)c1ccc(N2CC[NH+](CC(=O)N[C@@](C)(C#N)C3CC3)CC2)cc1. The first kappa shape index (κ1) is 18.4. The van der Waals surface area contributed by atoms with Crippen molar-refractivity contribution in [3.8, 4) is 6.07 Å². The van der Waals surface area contributed by atoms with Crippen LogP contribution in [0.4, 0.5) is 5.69 Å². The molecule has 6 heteroatoms. The first-order chi connectivity index (χ1) is 12.4. The highest BCUT2D eigenvalue weighted by Crippen LogP contribution is 2.39. The summed E-state index contributed by atoms with van der Waals surface area (Å²) in [5.74, 6) is 0.351. The van der Waals surface area contributed by atoms with Crippen molar-refractivity contribution in [2.45, 2.75) is 32.2 Å². The van der Waals surface area contributed by atoms with Gasteiger partial charge >= 0.3 is 0 Å². The Morgan fingerprint density at radius 3 is 2.38 bits per heavy atom. The first-order valence-corrected chi connectivity index (χ1v) is 9.33. The third-order valence-corrected chi connectivity index (χ3v) is 5.55. The van der Waals surface area contributed by atoms with E-state index in [4.69, 9.17) is 0 Å². The van der Waals surface area contributed by atoms with E-state index in [0.29, 0.717) is 12.5 Å². The molecule has 138 valence electrons. The Morgan fingerprint density at radius 2 is 1.88 bits per heavy atom. The molecule has 1 aromatic rings. The van der Waals surface area contributed by atoms with Gasteiger partial charge in [-0.25, -0.2) is 0 Å². The van der Waals surface area contributed by atoms with Gasteiger partial charge in [0.2, 0.25) is 0 Å². The Labute approximate surface area is 154 Å². The number of anilines is 1. The van der Waals surface area contributed by atoms with Gasteiger partial charge in [0.15, 0.2) is 12.3 Å². The van der Waals surface area contributed by atoms with Crippen LogP contribution < -0.4 is 15.1 Å². The fourth-order valence-corrected chi connectivity index (χ4v) is 3.61. The van der Waals surface area contributed by atoms with Gasteiger partial charge in [-0.2, -0.15) is 5.26 Å². The van der Waals surface area contributed by atoms with Crippen molar-refractivity contribution in [2.24, 2.45) is 5.92 Å². The minimum Gasteiger partial charge on any atom is -0.360 e. The topological polar surface area (TPSA) is 77.6 Å². The number of carbonyl (C=O) groups excluding carboxylic acids is 2. The summed E-state index contributed by atoms with van der Waals surface area (Å²) in [5.41, 5.74) is 1.13. The molecular formula is C20H27N4O2+. The Balaban J connectivity index is 1.48. The summed E-state index contributed by atoms with van der Waals surface area (Å²) in [6, 6.07) is 9.99. The third kappa shape index (κ3) is 4.23. The number of piperazine rings is 1. The largest absolute Gasteiger partial charge is 0.360 e. The third-order valence-electron chi connectivity index (χ3n) is 5.55. The zero-order valence-electron chi connectivity index (χ0n) is 15.5. The molecule has 26 heavy (non-hydrogen) atoms. The second kappa shape index (κ2) is 7.46. The van der Waals surface area contributed by atoms with Gasteiger partial charge in [0.25, 0.3) is 5.91 Å². The van der Waals surface area contributed by atoms with Crippen molar-refractivity contribution in [1.29, 1.82) is 5.26 Å². The number of quaternary nitrogens is 1. The summed E-state index contributed by atoms with van der Waals surface area (Å²) < 4.78 is 0. The van der Waals surface area contributed by atoms with Gasteiger partial charge in [0.1, 0.15) is 5.54 Å². The minimum absolute atomic E-state index is 0.0322. The van der Waals surface area contributed by atoms with E-state index in [1.807, 2.05) is 31.2 Å². The molecule has 6 nitrogen and oxygen atoms in total. The van der Waals surface area contributed by atoms with Gasteiger partial charge in [-0.15, -0.1) is 0 Å². The van der Waals surface area contributed by atoms with Gasteiger partial charge in [0, 0.05) is 11.3 Å². The summed E-state index contributed by atoms with van der Waals surface area (Å²) in [6.45, 7) is 7.34. The molecule has 0 aromatic heterocycles. The highest BCUT2D eigenvalue weighted by Gasteiger charge is 2.43. The lowest BCUT2D eigenvalue weighted by Gasteiger charge is -2.34. The fraction of sp³-hybridized carbons (Fsp3) is 0.550. The number of amides is 1. The number of carbonyl (C=O) groups is 2. The fourth-order valence-electron chi connectivity index (χ4n) is 3.61. The summed E-state index contributed by atoms with van der Waals surface area (Å²) in [7, 11) is 0. The second-order valence-corrected chi connectivity index (χ2v) is 7.65. The maximum absolute atomic E-state index is 12.3. The average molecular weight is 355 g/mol. The van der Waals surface area contributed by atoms with Crippen molar-refractivity contribution in [3.05, 3.63) is 29.8 Å². The van der Waals surface area contributed by atoms with Gasteiger partial charge < -0.3 is 15.1 Å². The molecule has 1 aromatic carbocycles. The van der Waals surface area contributed by atoms with Crippen molar-refractivity contribution >= 4 is 17.4 Å². The van der Waals surface area contributed by atoms with Crippen molar-refractivity contribution in [3.63, 3.8) is 0 Å². The molecule has 0 spiro atoms. The van der Waals surface area contributed by atoms with Crippen molar-refractivity contribution in [1.82, 2.24) is 5.32 Å². The van der Waals surface area contributed by atoms with Gasteiger partial charge in [-0.3, -0.25) is 9.59 Å². The van der Waals surface area contributed by atoms with Crippen LogP contribution in [-0.2, 0) is 4.79 Å². The predicted molar refractivity (Wildman–Crippen MR) is 99.1 cm³/mol. The van der Waals surface area contributed by atoms with E-state index in [1.54, 1.807) is 6.92 Å². The highest BCUT2D eigenvalue weighted by atomic mass is 16.2. The molecule has 1 saturated carbocycles. The number of rotatable bonds is 6. The highest BCUT2D eigenvalue weighted by molar-refractivity contribution is 5.94. The zero-order chi connectivity index (χ0) is 18.7. The lowest BCUT2D eigenvalue weighted by molar-refractivity contribution is -0.892. The van der Waals surface area contributed by atoms with E-state index < -0.39 is 5.54 Å². The predicted octanol–water partition coefficient (Wildman–Crippen LogP) is 0.403. The smallest absolute Gasteiger partial charge is 0.276 e. The maximum Gasteiger partial charge on any atom is 0.276 e. The lowest BCUT2D eigenvalue weighted by atomic mass is 9.98. The molecule has 1 saturated heterocycles. The summed E-state index contributed by atoms with van der Waals surface area (Å²) in [5, 5.41) is 12.3. The zero-order valence-corrected chi connectivity index (χ0v) is 15.5. The van der Waals surface area contributed by atoms with Crippen molar-refractivity contribution < 1.29 is 14.5 Å². The van der Waals surface area contributed by atoms with E-state index in [2.05, 4.69) is 16.3 Å². The molecular weight excluding hydrogens is 328 g/mol. The first-order valence-electron chi connectivity index (χ1n) is 9.33. The lowest BCUT2D eigenvalue weighted by Crippen LogP contribution is -3.16. The van der Waals surface area contributed by atoms with E-state index in [0.717, 1.165) is 50.3 Å². The molecule has 0 bridgehead atoms. The molecule has 1 aliphatic heterocycles. The second-order valence-electron chi connectivity index (χ2n) is 7.65. The van der Waals surface area contributed by atoms with Crippen LogP contribution in [0.15, 0.2) is 24.3 Å². The molecule has 3 rings (SSSR count). The van der Waals surface area contributed by atoms with Crippen molar-refractivity contribution in [2.75, 3.05) is 37.6 Å². The van der Waals surface area contributed by atoms with E-state index >= 15 is 0 Å². The normalized spacial score (nSPS) is 20.1. The summed E-state index contributed by atoms with van der Waals surface area (Å²) in [6.07, 6.45) is 2.05. The van der Waals surface area contributed by atoms with Crippen LogP contribution in [-0.4, -0.2) is 50.0 Å². The number of ketones is 1. The Bertz CT molecular complexity index is 712. The quantitative estimate of drug-likeness (QED) is 0.725. The molecule has 1 amide bonds. The molecule has 0 radical (unpaired) electrons. The summed E-state index contributed by atoms with van der Waals surface area (Å²) in [4.78, 5) is 27.2. The number of hydrogen-bond donors (Lipinski definition) is 2. The monoisotopic (exact) mass is 355 g/mol. The number of benzene rings is 1. The number of Topliss-reactive ketones (excluding diaryl/α,β-unsaturated/α-hetero) is 1. The summed E-state index contributed by atoms with van der Waals surface area (Å²) >= 11 is 0. The molecule has 2 N–H and O–H groups in total. The number of nitrogens with one attached hydrogen (secondary N) is 2. The average Bonchev–Trinajstić information content (AvgIpc) is 3.48. The van der Waals surface area contributed by atoms with Crippen LogP contribution in [0, 0.1) is 17.2 Å². The van der Waals surface area contributed by atoms with E-state index in [9.17, 15) is 14.9 Å². The van der Waals surface area contributed by atoms with Crippen LogP contribution in [0.5, 0.6) is 0 Å². The van der Waals surface area contributed by atoms with Crippen LogP contribution in [0.1, 0.15) is 37.0 Å². The molecule has 2 aliphatic rings. The maximum atomic E-state index is 12.3. The van der Waals surface area contributed by atoms with Crippen LogP contribution >= 0.6 is 0 Å².